The second-order valence-corrected chi connectivity index (χ2v) is 1.85. The van der Waals surface area contributed by atoms with E-state index in [2.05, 4.69) is 11.1 Å². The second kappa shape index (κ2) is 3.86. The molecule has 1 aromatic heterocycles. The van der Waals surface area contributed by atoms with E-state index in [1.165, 1.54) is 0 Å². The first-order chi connectivity index (χ1) is 4.34. The largest absolute Gasteiger partial charge is 1.00 e. The fraction of sp³-hybridized carbons (Fsp3) is 0.143. The molecule has 0 bridgehead atoms. The number of aryl methyl sites for hydroxylation is 1. The van der Waals surface area contributed by atoms with Crippen LogP contribution in [0.15, 0.2) is 18.5 Å². The Balaban J connectivity index is 0.000000810. The Hall–Kier alpha value is -1.07. The van der Waals surface area contributed by atoms with Crippen molar-refractivity contribution in [1.82, 2.24) is 0 Å². The number of rotatable bonds is 0. The lowest BCUT2D eigenvalue weighted by Gasteiger charge is -1.85. The van der Waals surface area contributed by atoms with Gasteiger partial charge in [-0.25, -0.2) is 4.98 Å². The van der Waals surface area contributed by atoms with Crippen LogP contribution < -0.4 is 17.4 Å². The highest BCUT2D eigenvalue weighted by atomic mass is 35.5. The molecule has 1 N–H and O–H groups in total. The zero-order chi connectivity index (χ0) is 6.69. The van der Waals surface area contributed by atoms with E-state index in [-0.39, 0.29) is 12.4 Å². The van der Waals surface area contributed by atoms with E-state index >= 15 is 0 Å². The van der Waals surface area contributed by atoms with Crippen molar-refractivity contribution < 1.29 is 17.4 Å². The summed E-state index contributed by atoms with van der Waals surface area (Å²) in [5, 5.41) is 8.45. The summed E-state index contributed by atoms with van der Waals surface area (Å²) in [6.45, 7) is 1.91. The van der Waals surface area contributed by atoms with Crippen molar-refractivity contribution in [1.29, 1.82) is 5.26 Å². The SMILES string of the molecule is Cc1cc[nH+]cc1C#N.[Cl-]. The van der Waals surface area contributed by atoms with Crippen LogP contribution in [0.25, 0.3) is 0 Å². The molecule has 0 aliphatic heterocycles. The maximum absolute atomic E-state index is 8.45. The monoisotopic (exact) mass is 154 g/mol. The second-order valence-electron chi connectivity index (χ2n) is 1.85. The summed E-state index contributed by atoms with van der Waals surface area (Å²) in [7, 11) is 0. The highest BCUT2D eigenvalue weighted by molar-refractivity contribution is 5.31. The molecule has 52 valence electrons. The van der Waals surface area contributed by atoms with Crippen molar-refractivity contribution in [2.45, 2.75) is 6.92 Å². The highest BCUT2D eigenvalue weighted by Gasteiger charge is 1.95. The number of aromatic nitrogens is 1. The summed E-state index contributed by atoms with van der Waals surface area (Å²) in [6.07, 6.45) is 3.49. The van der Waals surface area contributed by atoms with Crippen LogP contribution in [0.5, 0.6) is 0 Å². The van der Waals surface area contributed by atoms with Crippen LogP contribution in [0.2, 0.25) is 0 Å². The summed E-state index contributed by atoms with van der Waals surface area (Å²) in [5.41, 5.74) is 1.72. The van der Waals surface area contributed by atoms with Crippen molar-refractivity contribution in [2.75, 3.05) is 0 Å². The molecule has 0 aromatic carbocycles. The molecular formula is C7H7ClN2. The third-order valence-corrected chi connectivity index (χ3v) is 1.20. The van der Waals surface area contributed by atoms with Gasteiger partial charge in [-0.15, -0.1) is 0 Å². The van der Waals surface area contributed by atoms with Crippen LogP contribution >= 0.6 is 0 Å². The average molecular weight is 155 g/mol. The maximum Gasteiger partial charge on any atom is 0.185 e. The van der Waals surface area contributed by atoms with Crippen molar-refractivity contribution in [2.24, 2.45) is 0 Å². The predicted octanol–water partition coefficient (Wildman–Crippen LogP) is -2.32. The van der Waals surface area contributed by atoms with Crippen LogP contribution in [0.3, 0.4) is 0 Å². The van der Waals surface area contributed by atoms with Gasteiger partial charge in [-0.3, -0.25) is 0 Å². The predicted molar refractivity (Wildman–Crippen MR) is 32.4 cm³/mol. The number of nitrogens with one attached hydrogen (secondary N) is 1. The molecule has 1 rings (SSSR count). The number of nitriles is 1. The molecule has 0 radical (unpaired) electrons. The Morgan fingerprint density at radius 1 is 1.60 bits per heavy atom. The summed E-state index contributed by atoms with van der Waals surface area (Å²) in [6, 6.07) is 3.94. The van der Waals surface area contributed by atoms with Gasteiger partial charge in [0.15, 0.2) is 12.4 Å². The number of hydrogen-bond donors (Lipinski definition) is 0. The first kappa shape index (κ1) is 8.93. The maximum atomic E-state index is 8.45. The third kappa shape index (κ3) is 1.71. The molecule has 0 saturated heterocycles. The molecule has 1 aromatic rings. The van der Waals surface area contributed by atoms with E-state index in [4.69, 9.17) is 5.26 Å². The molecule has 0 atom stereocenters. The van der Waals surface area contributed by atoms with Crippen molar-refractivity contribution >= 4 is 0 Å². The standard InChI is InChI=1S/C7H6N2.ClH/c1-6-2-3-9-5-7(6)4-8;/h2-3,5H,1H3;1H. The number of nitrogens with zero attached hydrogens (tertiary/aromatic N) is 1. The molecule has 3 heteroatoms. The fourth-order valence-corrected chi connectivity index (χ4v) is 0.629. The summed E-state index contributed by atoms with van der Waals surface area (Å²) < 4.78 is 0. The van der Waals surface area contributed by atoms with Gasteiger partial charge in [0.05, 0.1) is 0 Å². The minimum atomic E-state index is 0. The van der Waals surface area contributed by atoms with Crippen LogP contribution in [0.1, 0.15) is 11.1 Å². The number of halogens is 1. The molecule has 10 heavy (non-hydrogen) atoms. The Kier molecular flexibility index (Phi) is 3.45. The van der Waals surface area contributed by atoms with Crippen LogP contribution in [-0.2, 0) is 0 Å². The smallest absolute Gasteiger partial charge is 0.185 e. The quantitative estimate of drug-likeness (QED) is 0.414. The lowest BCUT2D eigenvalue weighted by atomic mass is 10.2. The Morgan fingerprint density at radius 3 is 2.70 bits per heavy atom. The van der Waals surface area contributed by atoms with Crippen molar-refractivity contribution in [3.05, 3.63) is 29.6 Å². The van der Waals surface area contributed by atoms with Gasteiger partial charge in [-0.1, -0.05) is 0 Å². The minimum absolute atomic E-state index is 0. The van der Waals surface area contributed by atoms with E-state index in [0.717, 1.165) is 5.56 Å². The first-order valence-corrected chi connectivity index (χ1v) is 2.71. The molecule has 0 spiro atoms. The summed E-state index contributed by atoms with van der Waals surface area (Å²) >= 11 is 0. The van der Waals surface area contributed by atoms with Crippen LogP contribution in [0, 0.1) is 18.3 Å². The molecule has 1 heterocycles. The minimum Gasteiger partial charge on any atom is -1.00 e. The molecule has 0 fully saturated rings. The van der Waals surface area contributed by atoms with E-state index in [1.54, 1.807) is 12.4 Å². The molecular weight excluding hydrogens is 148 g/mol. The van der Waals surface area contributed by atoms with E-state index in [9.17, 15) is 0 Å². The third-order valence-electron chi connectivity index (χ3n) is 1.20. The molecule has 2 nitrogen and oxygen atoms in total. The topological polar surface area (TPSA) is 37.9 Å². The fourth-order valence-electron chi connectivity index (χ4n) is 0.629. The van der Waals surface area contributed by atoms with Crippen LogP contribution in [-0.4, -0.2) is 0 Å². The van der Waals surface area contributed by atoms with Gasteiger partial charge < -0.3 is 12.4 Å². The van der Waals surface area contributed by atoms with Gasteiger partial charge in [-0.05, 0) is 12.5 Å². The number of pyridine rings is 1. The molecule has 0 saturated carbocycles. The lowest BCUT2D eigenvalue weighted by molar-refractivity contribution is -0.378. The van der Waals surface area contributed by atoms with Gasteiger partial charge in [0, 0.05) is 6.07 Å². The molecule has 0 aliphatic carbocycles. The molecule has 0 amide bonds. The van der Waals surface area contributed by atoms with Gasteiger partial charge in [0.1, 0.15) is 11.6 Å². The average Bonchev–Trinajstić information content (AvgIpc) is 1.89. The van der Waals surface area contributed by atoms with Gasteiger partial charge >= 0.3 is 0 Å². The highest BCUT2D eigenvalue weighted by Crippen LogP contribution is 1.98. The molecule has 0 unspecified atom stereocenters. The van der Waals surface area contributed by atoms with Gasteiger partial charge in [-0.2, -0.15) is 5.26 Å². The van der Waals surface area contributed by atoms with Gasteiger partial charge in [0.2, 0.25) is 0 Å². The lowest BCUT2D eigenvalue weighted by Crippen LogP contribution is -3.00. The van der Waals surface area contributed by atoms with Crippen molar-refractivity contribution in [3.8, 4) is 6.07 Å². The van der Waals surface area contributed by atoms with Gasteiger partial charge in [0.25, 0.3) is 0 Å². The normalized spacial score (nSPS) is 7.60. The van der Waals surface area contributed by atoms with Crippen LogP contribution in [0.4, 0.5) is 0 Å². The first-order valence-electron chi connectivity index (χ1n) is 2.71. The Labute approximate surface area is 65.9 Å². The Morgan fingerprint density at radius 2 is 2.30 bits per heavy atom. The number of hydrogen-bond acceptors (Lipinski definition) is 1. The zero-order valence-electron chi connectivity index (χ0n) is 5.56. The van der Waals surface area contributed by atoms with E-state index < -0.39 is 0 Å². The van der Waals surface area contributed by atoms with Crippen molar-refractivity contribution in [3.63, 3.8) is 0 Å². The zero-order valence-corrected chi connectivity index (χ0v) is 6.31. The molecule has 0 aliphatic rings. The number of H-pyrrole nitrogens is 1. The van der Waals surface area contributed by atoms with E-state index in [1.807, 2.05) is 13.0 Å². The summed E-state index contributed by atoms with van der Waals surface area (Å²) in [5.74, 6) is 0. The van der Waals surface area contributed by atoms with E-state index in [0.29, 0.717) is 5.56 Å². The Bertz CT molecular complexity index is 252. The number of aromatic amines is 1. The summed E-state index contributed by atoms with van der Waals surface area (Å²) in [4.78, 5) is 2.83.